The number of benzene rings is 1. The molecule has 1 unspecified atom stereocenters. The Hall–Kier alpha value is -1.85. The van der Waals surface area contributed by atoms with E-state index in [1.807, 2.05) is 26.0 Å². The molecule has 2 aromatic rings. The van der Waals surface area contributed by atoms with Crippen molar-refractivity contribution < 1.29 is 4.79 Å². The molecule has 3 N–H and O–H groups in total. The van der Waals surface area contributed by atoms with Crippen molar-refractivity contribution in [3.8, 4) is 5.69 Å². The van der Waals surface area contributed by atoms with Crippen LogP contribution in [0.2, 0.25) is 5.02 Å². The molecule has 0 aliphatic heterocycles. The van der Waals surface area contributed by atoms with Gasteiger partial charge in [-0.25, -0.2) is 4.68 Å². The van der Waals surface area contributed by atoms with Gasteiger partial charge in [-0.15, -0.1) is 0 Å². The van der Waals surface area contributed by atoms with Crippen molar-refractivity contribution in [3.63, 3.8) is 0 Å². The zero-order valence-corrected chi connectivity index (χ0v) is 14.1. The highest BCUT2D eigenvalue weighted by Crippen LogP contribution is 2.31. The molecule has 0 bridgehead atoms. The van der Waals surface area contributed by atoms with Crippen LogP contribution >= 0.6 is 11.6 Å². The van der Waals surface area contributed by atoms with Crippen LogP contribution in [0.15, 0.2) is 24.3 Å². The Morgan fingerprint density at radius 3 is 2.57 bits per heavy atom. The number of amides is 1. The van der Waals surface area contributed by atoms with Gasteiger partial charge in [-0.2, -0.15) is 5.10 Å². The van der Waals surface area contributed by atoms with E-state index in [2.05, 4.69) is 10.4 Å². The van der Waals surface area contributed by atoms with E-state index in [1.54, 1.807) is 16.8 Å². The fourth-order valence-electron chi connectivity index (χ4n) is 2.63. The largest absolute Gasteiger partial charge is 0.350 e. The summed E-state index contributed by atoms with van der Waals surface area (Å²) in [6, 6.07) is 7.38. The van der Waals surface area contributed by atoms with E-state index in [0.717, 1.165) is 17.1 Å². The second kappa shape index (κ2) is 6.34. The number of nitrogens with two attached hydrogens (primary N) is 1. The first-order valence-electron chi connectivity index (χ1n) is 7.83. The predicted molar refractivity (Wildman–Crippen MR) is 91.1 cm³/mol. The van der Waals surface area contributed by atoms with Gasteiger partial charge >= 0.3 is 0 Å². The molecule has 1 saturated carbocycles. The summed E-state index contributed by atoms with van der Waals surface area (Å²) in [5.41, 5.74) is 9.17. The van der Waals surface area contributed by atoms with Crippen LogP contribution in [-0.4, -0.2) is 28.3 Å². The Labute approximate surface area is 140 Å². The third kappa shape index (κ3) is 3.41. The molecule has 0 radical (unpaired) electrons. The van der Waals surface area contributed by atoms with Crippen molar-refractivity contribution in [2.75, 3.05) is 6.54 Å². The molecule has 23 heavy (non-hydrogen) atoms. The maximum absolute atomic E-state index is 12.2. The normalized spacial score (nSPS) is 15.5. The van der Waals surface area contributed by atoms with Gasteiger partial charge in [0.1, 0.15) is 0 Å². The molecule has 1 fully saturated rings. The molecule has 1 aromatic heterocycles. The van der Waals surface area contributed by atoms with Crippen molar-refractivity contribution in [2.24, 2.45) is 11.7 Å². The molecule has 6 heteroatoms. The zero-order valence-electron chi connectivity index (χ0n) is 13.3. The maximum atomic E-state index is 12.2. The van der Waals surface area contributed by atoms with Crippen LogP contribution in [0.4, 0.5) is 0 Å². The summed E-state index contributed by atoms with van der Waals surface area (Å²) in [7, 11) is 0. The SMILES string of the molecule is Cc1nn(-c2ccc(C(=O)NCC(N)C3CC3)cc2)c(C)c1Cl. The first-order chi connectivity index (χ1) is 11.0. The molecule has 1 aliphatic rings. The molecule has 1 amide bonds. The first-order valence-corrected chi connectivity index (χ1v) is 8.21. The number of aryl methyl sites for hydroxylation is 1. The topological polar surface area (TPSA) is 72.9 Å². The van der Waals surface area contributed by atoms with Gasteiger partial charge in [0, 0.05) is 18.2 Å². The number of rotatable bonds is 5. The van der Waals surface area contributed by atoms with Crippen LogP contribution in [0.25, 0.3) is 5.69 Å². The summed E-state index contributed by atoms with van der Waals surface area (Å²) < 4.78 is 1.78. The quantitative estimate of drug-likeness (QED) is 0.884. The number of nitrogens with one attached hydrogen (secondary N) is 1. The van der Waals surface area contributed by atoms with Crippen LogP contribution in [0.3, 0.4) is 0 Å². The van der Waals surface area contributed by atoms with Crippen molar-refractivity contribution in [3.05, 3.63) is 46.2 Å². The summed E-state index contributed by atoms with van der Waals surface area (Å²) in [6.07, 6.45) is 2.36. The highest BCUT2D eigenvalue weighted by molar-refractivity contribution is 6.31. The minimum Gasteiger partial charge on any atom is -0.350 e. The van der Waals surface area contributed by atoms with Crippen molar-refractivity contribution in [2.45, 2.75) is 32.7 Å². The average Bonchev–Trinajstić information content (AvgIpc) is 3.37. The second-order valence-corrected chi connectivity index (χ2v) is 6.53. The van der Waals surface area contributed by atoms with E-state index < -0.39 is 0 Å². The molecular formula is C17H21ClN4O. The molecule has 3 rings (SSSR count). The number of aromatic nitrogens is 2. The fraction of sp³-hybridized carbons (Fsp3) is 0.412. The number of halogens is 1. The van der Waals surface area contributed by atoms with Crippen LogP contribution in [-0.2, 0) is 0 Å². The van der Waals surface area contributed by atoms with E-state index in [9.17, 15) is 4.79 Å². The summed E-state index contributed by atoms with van der Waals surface area (Å²) in [5.74, 6) is 0.479. The van der Waals surface area contributed by atoms with E-state index in [0.29, 0.717) is 23.0 Å². The van der Waals surface area contributed by atoms with Gasteiger partial charge < -0.3 is 11.1 Å². The second-order valence-electron chi connectivity index (χ2n) is 6.15. The standard InChI is InChI=1S/C17H21ClN4O/c1-10-16(18)11(2)22(21-10)14-7-5-13(6-8-14)17(23)20-9-15(19)12-3-4-12/h5-8,12,15H,3-4,9,19H2,1-2H3,(H,20,23). The lowest BCUT2D eigenvalue weighted by atomic mass is 10.1. The number of nitrogens with zero attached hydrogens (tertiary/aromatic N) is 2. The van der Waals surface area contributed by atoms with Crippen molar-refractivity contribution in [1.29, 1.82) is 0 Å². The Morgan fingerprint density at radius 1 is 1.39 bits per heavy atom. The summed E-state index contributed by atoms with van der Waals surface area (Å²) in [6.45, 7) is 4.32. The highest BCUT2D eigenvalue weighted by atomic mass is 35.5. The molecule has 1 atom stereocenters. The number of hydrogen-bond acceptors (Lipinski definition) is 3. The average molecular weight is 333 g/mol. The molecule has 1 heterocycles. The smallest absolute Gasteiger partial charge is 0.251 e. The summed E-state index contributed by atoms with van der Waals surface area (Å²) >= 11 is 6.17. The maximum Gasteiger partial charge on any atom is 0.251 e. The van der Waals surface area contributed by atoms with Crippen LogP contribution in [0, 0.1) is 19.8 Å². The van der Waals surface area contributed by atoms with Crippen LogP contribution in [0.5, 0.6) is 0 Å². The van der Waals surface area contributed by atoms with E-state index in [-0.39, 0.29) is 11.9 Å². The molecule has 1 aliphatic carbocycles. The van der Waals surface area contributed by atoms with Gasteiger partial charge in [0.25, 0.3) is 5.91 Å². The van der Waals surface area contributed by atoms with E-state index >= 15 is 0 Å². The fourth-order valence-corrected chi connectivity index (χ4v) is 2.75. The number of hydrogen-bond donors (Lipinski definition) is 2. The molecule has 0 saturated heterocycles. The van der Waals surface area contributed by atoms with Gasteiger partial charge in [0.2, 0.25) is 0 Å². The van der Waals surface area contributed by atoms with Crippen molar-refractivity contribution >= 4 is 17.5 Å². The number of carbonyl (C=O) groups is 1. The third-order valence-electron chi connectivity index (χ3n) is 4.30. The summed E-state index contributed by atoms with van der Waals surface area (Å²) in [4.78, 5) is 12.2. The lowest BCUT2D eigenvalue weighted by molar-refractivity contribution is 0.0950. The minimum atomic E-state index is -0.0981. The molecule has 122 valence electrons. The highest BCUT2D eigenvalue weighted by Gasteiger charge is 2.28. The molecule has 0 spiro atoms. The minimum absolute atomic E-state index is 0.0649. The predicted octanol–water partition coefficient (Wildman–Crippen LogP) is 2.61. The Bertz CT molecular complexity index is 719. The van der Waals surface area contributed by atoms with Crippen LogP contribution in [0.1, 0.15) is 34.6 Å². The molecular weight excluding hydrogens is 312 g/mol. The van der Waals surface area contributed by atoms with Gasteiger partial charge in [0.15, 0.2) is 0 Å². The van der Waals surface area contributed by atoms with Gasteiger partial charge in [-0.1, -0.05) is 11.6 Å². The number of carbonyl (C=O) groups excluding carboxylic acids is 1. The lowest BCUT2D eigenvalue weighted by Gasteiger charge is -2.12. The molecule has 1 aromatic carbocycles. The Morgan fingerprint density at radius 2 is 2.04 bits per heavy atom. The zero-order chi connectivity index (χ0) is 16.6. The van der Waals surface area contributed by atoms with E-state index in [4.69, 9.17) is 17.3 Å². The Kier molecular flexibility index (Phi) is 4.41. The van der Waals surface area contributed by atoms with E-state index in [1.165, 1.54) is 12.8 Å². The third-order valence-corrected chi connectivity index (χ3v) is 4.85. The van der Waals surface area contributed by atoms with Gasteiger partial charge in [0.05, 0.1) is 22.1 Å². The first kappa shape index (κ1) is 16.0. The summed E-state index contributed by atoms with van der Waals surface area (Å²) in [5, 5.41) is 7.97. The van der Waals surface area contributed by atoms with Gasteiger partial charge in [-0.05, 0) is 56.9 Å². The molecule has 5 nitrogen and oxygen atoms in total. The lowest BCUT2D eigenvalue weighted by Crippen LogP contribution is -2.38. The van der Waals surface area contributed by atoms with Gasteiger partial charge in [-0.3, -0.25) is 4.79 Å². The Balaban J connectivity index is 1.68. The monoisotopic (exact) mass is 332 g/mol. The van der Waals surface area contributed by atoms with Crippen molar-refractivity contribution in [1.82, 2.24) is 15.1 Å². The van der Waals surface area contributed by atoms with Crippen LogP contribution < -0.4 is 11.1 Å².